The van der Waals surface area contributed by atoms with Crippen molar-refractivity contribution in [2.24, 2.45) is 0 Å². The van der Waals surface area contributed by atoms with Crippen molar-refractivity contribution in [3.63, 3.8) is 0 Å². The highest BCUT2D eigenvalue weighted by molar-refractivity contribution is 5.74. The van der Waals surface area contributed by atoms with E-state index in [0.29, 0.717) is 0 Å². The molecule has 2 rings (SSSR count). The van der Waals surface area contributed by atoms with Gasteiger partial charge in [0.2, 0.25) is 0 Å². The molecule has 72 valence electrons. The third-order valence-electron chi connectivity index (χ3n) is 1.80. The quantitative estimate of drug-likeness (QED) is 0.725. The molecular weight excluding hydrogens is 187 g/mol. The average molecular weight is 194 g/mol. The Bertz CT molecular complexity index is 468. The molecule has 5 heteroatoms. The van der Waals surface area contributed by atoms with Gasteiger partial charge in [-0.2, -0.15) is 0 Å². The Balaban J connectivity index is 2.62. The second-order valence-electron chi connectivity index (χ2n) is 2.77. The van der Waals surface area contributed by atoms with Crippen molar-refractivity contribution in [1.82, 2.24) is 5.16 Å². The van der Waals surface area contributed by atoms with Gasteiger partial charge in [0.15, 0.2) is 5.76 Å². The molecule has 1 aromatic carbocycles. The van der Waals surface area contributed by atoms with Crippen molar-refractivity contribution in [2.45, 2.75) is 0 Å². The van der Waals surface area contributed by atoms with Gasteiger partial charge in [-0.05, 0) is 18.2 Å². The van der Waals surface area contributed by atoms with Crippen molar-refractivity contribution < 1.29 is 14.0 Å². The monoisotopic (exact) mass is 194 g/mol. The maximum atomic E-state index is 12.9. The molecule has 1 aromatic heterocycles. The lowest BCUT2D eigenvalue weighted by atomic mass is 10.1. The molecule has 14 heavy (non-hydrogen) atoms. The first kappa shape index (κ1) is 8.55. The standard InChI is InChI=1S/C9H7FN2O2/c10-5-1-2-8(13)6(3-5)9-7(11)4-12-14-9/h1-4,13H,11H2. The van der Waals surface area contributed by atoms with E-state index in [1.54, 1.807) is 0 Å². The van der Waals surface area contributed by atoms with Crippen LogP contribution in [0.4, 0.5) is 10.1 Å². The normalized spacial score (nSPS) is 10.4. The molecule has 0 atom stereocenters. The maximum absolute atomic E-state index is 12.9. The Morgan fingerprint density at radius 3 is 2.86 bits per heavy atom. The summed E-state index contributed by atoms with van der Waals surface area (Å²) in [6.07, 6.45) is 1.29. The summed E-state index contributed by atoms with van der Waals surface area (Å²) in [5.74, 6) is -0.412. The zero-order valence-corrected chi connectivity index (χ0v) is 7.07. The van der Waals surface area contributed by atoms with Crippen LogP contribution in [0.2, 0.25) is 0 Å². The molecular formula is C9H7FN2O2. The first-order valence-electron chi connectivity index (χ1n) is 3.87. The Morgan fingerprint density at radius 1 is 1.43 bits per heavy atom. The summed E-state index contributed by atoms with van der Waals surface area (Å²) in [4.78, 5) is 0. The number of phenolic OH excluding ortho intramolecular Hbond substituents is 1. The summed E-state index contributed by atoms with van der Waals surface area (Å²) in [5, 5.41) is 12.9. The smallest absolute Gasteiger partial charge is 0.193 e. The van der Waals surface area contributed by atoms with Crippen LogP contribution in [0, 0.1) is 5.82 Å². The number of benzene rings is 1. The summed E-state index contributed by atoms with van der Waals surface area (Å²) in [6, 6.07) is 3.50. The molecule has 4 nitrogen and oxygen atoms in total. The highest BCUT2D eigenvalue weighted by Crippen LogP contribution is 2.33. The van der Waals surface area contributed by atoms with Crippen molar-refractivity contribution >= 4 is 5.69 Å². The summed E-state index contributed by atoms with van der Waals surface area (Å²) >= 11 is 0. The Kier molecular flexibility index (Phi) is 1.85. The topological polar surface area (TPSA) is 72.3 Å². The van der Waals surface area contributed by atoms with Gasteiger partial charge in [-0.1, -0.05) is 5.16 Å². The second kappa shape index (κ2) is 3.02. The number of aromatic hydroxyl groups is 1. The van der Waals surface area contributed by atoms with Crippen LogP contribution in [0.5, 0.6) is 5.75 Å². The number of aromatic nitrogens is 1. The SMILES string of the molecule is Nc1cnoc1-c1cc(F)ccc1O. The van der Waals surface area contributed by atoms with Crippen molar-refractivity contribution in [1.29, 1.82) is 0 Å². The number of halogens is 1. The largest absolute Gasteiger partial charge is 0.507 e. The molecule has 3 N–H and O–H groups in total. The van der Waals surface area contributed by atoms with Gasteiger partial charge in [0, 0.05) is 0 Å². The van der Waals surface area contributed by atoms with Crippen LogP contribution in [-0.2, 0) is 0 Å². The molecule has 0 bridgehead atoms. The third kappa shape index (κ3) is 1.28. The number of phenols is 1. The first-order valence-corrected chi connectivity index (χ1v) is 3.87. The van der Waals surface area contributed by atoms with Gasteiger partial charge in [-0.25, -0.2) is 4.39 Å². The van der Waals surface area contributed by atoms with Crippen LogP contribution in [0.25, 0.3) is 11.3 Å². The van der Waals surface area contributed by atoms with E-state index in [4.69, 9.17) is 10.3 Å². The van der Waals surface area contributed by atoms with Crippen LogP contribution in [0.3, 0.4) is 0 Å². The molecule has 0 saturated carbocycles. The van der Waals surface area contributed by atoms with Gasteiger partial charge >= 0.3 is 0 Å². The first-order chi connectivity index (χ1) is 6.68. The van der Waals surface area contributed by atoms with E-state index in [0.717, 1.165) is 12.1 Å². The minimum Gasteiger partial charge on any atom is -0.507 e. The van der Waals surface area contributed by atoms with Gasteiger partial charge in [0.05, 0.1) is 11.8 Å². The van der Waals surface area contributed by atoms with Gasteiger partial charge in [0.1, 0.15) is 17.3 Å². The molecule has 1 heterocycles. The van der Waals surface area contributed by atoms with E-state index in [2.05, 4.69) is 5.16 Å². The van der Waals surface area contributed by atoms with Crippen LogP contribution < -0.4 is 5.73 Å². The number of hydrogen-bond donors (Lipinski definition) is 2. The highest BCUT2D eigenvalue weighted by Gasteiger charge is 2.13. The van der Waals surface area contributed by atoms with Crippen molar-refractivity contribution in [3.8, 4) is 17.1 Å². The lowest BCUT2D eigenvalue weighted by molar-refractivity contribution is 0.425. The second-order valence-corrected chi connectivity index (χ2v) is 2.77. The Hall–Kier alpha value is -2.04. The van der Waals surface area contributed by atoms with E-state index < -0.39 is 5.82 Å². The van der Waals surface area contributed by atoms with E-state index in [9.17, 15) is 9.50 Å². The van der Waals surface area contributed by atoms with Gasteiger partial charge in [-0.3, -0.25) is 0 Å². The fourth-order valence-corrected chi connectivity index (χ4v) is 1.14. The van der Waals surface area contributed by atoms with Gasteiger partial charge < -0.3 is 15.4 Å². The number of anilines is 1. The summed E-state index contributed by atoms with van der Waals surface area (Å²) in [7, 11) is 0. The molecule has 0 fully saturated rings. The predicted molar refractivity (Wildman–Crippen MR) is 48.0 cm³/mol. The fourth-order valence-electron chi connectivity index (χ4n) is 1.14. The van der Waals surface area contributed by atoms with Crippen LogP contribution in [-0.4, -0.2) is 10.3 Å². The minimum atomic E-state index is -0.478. The van der Waals surface area contributed by atoms with Crippen LogP contribution in [0.15, 0.2) is 28.9 Å². The summed E-state index contributed by atoms with van der Waals surface area (Å²) in [5.41, 5.74) is 5.95. The number of rotatable bonds is 1. The molecule has 0 aliphatic rings. The molecule has 0 spiro atoms. The van der Waals surface area contributed by atoms with Crippen molar-refractivity contribution in [2.75, 3.05) is 5.73 Å². The van der Waals surface area contributed by atoms with Crippen molar-refractivity contribution in [3.05, 3.63) is 30.2 Å². The third-order valence-corrected chi connectivity index (χ3v) is 1.80. The Labute approximate surface area is 78.8 Å². The summed E-state index contributed by atoms with van der Waals surface area (Å²) < 4.78 is 17.6. The molecule has 0 amide bonds. The number of nitrogens with zero attached hydrogens (tertiary/aromatic N) is 1. The lowest BCUT2D eigenvalue weighted by Gasteiger charge is -2.00. The van der Waals surface area contributed by atoms with E-state index in [-0.39, 0.29) is 22.8 Å². The highest BCUT2D eigenvalue weighted by atomic mass is 19.1. The molecule has 0 aliphatic carbocycles. The molecule has 2 aromatic rings. The average Bonchev–Trinajstić information content (AvgIpc) is 2.56. The van der Waals surface area contributed by atoms with Crippen LogP contribution >= 0.6 is 0 Å². The number of hydrogen-bond acceptors (Lipinski definition) is 4. The fraction of sp³-hybridized carbons (Fsp3) is 0. The zero-order chi connectivity index (χ0) is 10.1. The van der Waals surface area contributed by atoms with E-state index >= 15 is 0 Å². The van der Waals surface area contributed by atoms with Crippen LogP contribution in [0.1, 0.15) is 0 Å². The Morgan fingerprint density at radius 2 is 2.21 bits per heavy atom. The predicted octanol–water partition coefficient (Wildman–Crippen LogP) is 1.77. The van der Waals surface area contributed by atoms with Gasteiger partial charge in [-0.15, -0.1) is 0 Å². The number of nitrogen functional groups attached to an aromatic ring is 1. The maximum Gasteiger partial charge on any atom is 0.193 e. The molecule has 0 saturated heterocycles. The number of nitrogens with two attached hydrogens (primary N) is 1. The minimum absolute atomic E-state index is 0.102. The van der Waals surface area contributed by atoms with E-state index in [1.165, 1.54) is 12.3 Å². The van der Waals surface area contributed by atoms with E-state index in [1.807, 2.05) is 0 Å². The molecule has 0 aliphatic heterocycles. The van der Waals surface area contributed by atoms with Gasteiger partial charge in [0.25, 0.3) is 0 Å². The molecule has 0 radical (unpaired) electrons. The molecule has 0 unspecified atom stereocenters. The zero-order valence-electron chi connectivity index (χ0n) is 7.07. The lowest BCUT2D eigenvalue weighted by Crippen LogP contribution is -1.86. The summed E-state index contributed by atoms with van der Waals surface area (Å²) in [6.45, 7) is 0.